The van der Waals surface area contributed by atoms with Crippen LogP contribution in [0.5, 0.6) is 11.5 Å². The van der Waals surface area contributed by atoms with Gasteiger partial charge >= 0.3 is 5.97 Å². The van der Waals surface area contributed by atoms with Crippen LogP contribution in [0, 0.1) is 0 Å². The van der Waals surface area contributed by atoms with Gasteiger partial charge in [-0.1, -0.05) is 51.3 Å². The highest BCUT2D eigenvalue weighted by atomic mass is 79.9. The van der Waals surface area contributed by atoms with E-state index in [0.29, 0.717) is 16.3 Å². The monoisotopic (exact) mass is 534 g/mol. The van der Waals surface area contributed by atoms with E-state index in [1.54, 1.807) is 73.7 Å². The third kappa shape index (κ3) is 6.56. The molecule has 0 unspecified atom stereocenters. The molecule has 0 saturated heterocycles. The third-order valence-corrected chi connectivity index (χ3v) is 5.22. The lowest BCUT2D eigenvalue weighted by Crippen LogP contribution is -2.33. The van der Waals surface area contributed by atoms with Crippen LogP contribution in [0.25, 0.3) is 0 Å². The van der Waals surface area contributed by atoms with E-state index in [4.69, 9.17) is 32.7 Å². The smallest absolute Gasteiger partial charge is 0.345 e. The number of hydrogen-bond donors (Lipinski definition) is 1. The molecule has 9 heteroatoms. The maximum atomic E-state index is 12.5. The molecule has 0 fully saturated rings. The summed E-state index contributed by atoms with van der Waals surface area (Å²) in [6.45, 7) is 1.59. The van der Waals surface area contributed by atoms with Gasteiger partial charge in [-0.3, -0.25) is 4.79 Å². The second-order valence-electron chi connectivity index (χ2n) is 6.50. The van der Waals surface area contributed by atoms with Crippen LogP contribution in [-0.2, 0) is 4.79 Å². The van der Waals surface area contributed by atoms with Crippen molar-refractivity contribution in [2.24, 2.45) is 5.10 Å². The maximum Gasteiger partial charge on any atom is 0.345 e. The van der Waals surface area contributed by atoms with Crippen molar-refractivity contribution in [1.82, 2.24) is 5.43 Å². The summed E-state index contributed by atoms with van der Waals surface area (Å²) in [5.41, 5.74) is 3.11. The van der Waals surface area contributed by atoms with Crippen molar-refractivity contribution in [2.75, 3.05) is 0 Å². The fraction of sp³-hybridized carbons (Fsp3) is 0.0870. The van der Waals surface area contributed by atoms with Gasteiger partial charge in [0.15, 0.2) is 6.10 Å². The van der Waals surface area contributed by atoms with Gasteiger partial charge in [-0.15, -0.1) is 0 Å². The fourth-order valence-corrected chi connectivity index (χ4v) is 3.24. The number of nitrogens with zero attached hydrogens (tertiary/aromatic N) is 1. The van der Waals surface area contributed by atoms with Gasteiger partial charge in [0.25, 0.3) is 5.91 Å². The average Bonchev–Trinajstić information content (AvgIpc) is 2.77. The molecule has 1 atom stereocenters. The third-order valence-electron chi connectivity index (χ3n) is 4.14. The van der Waals surface area contributed by atoms with Crippen LogP contribution in [0.1, 0.15) is 22.8 Å². The van der Waals surface area contributed by atoms with Crippen LogP contribution in [0.2, 0.25) is 10.0 Å². The molecule has 0 heterocycles. The largest absolute Gasteiger partial charge is 0.481 e. The molecule has 0 bridgehead atoms. The summed E-state index contributed by atoms with van der Waals surface area (Å²) < 4.78 is 11.8. The number of halogens is 3. The molecule has 32 heavy (non-hydrogen) atoms. The van der Waals surface area contributed by atoms with Gasteiger partial charge in [-0.05, 0) is 61.5 Å². The Kier molecular flexibility index (Phi) is 8.27. The molecule has 0 spiro atoms. The Morgan fingerprint density at radius 2 is 1.78 bits per heavy atom. The number of amides is 1. The van der Waals surface area contributed by atoms with E-state index >= 15 is 0 Å². The normalized spacial score (nSPS) is 11.8. The molecule has 0 aliphatic rings. The molecular weight excluding hydrogens is 519 g/mol. The Morgan fingerprint density at radius 3 is 2.50 bits per heavy atom. The van der Waals surface area contributed by atoms with E-state index in [-0.39, 0.29) is 16.3 Å². The Hall–Kier alpha value is -2.87. The van der Waals surface area contributed by atoms with Gasteiger partial charge in [-0.25, -0.2) is 10.2 Å². The number of benzene rings is 3. The molecule has 0 aromatic heterocycles. The molecule has 0 saturated carbocycles. The van der Waals surface area contributed by atoms with Crippen LogP contribution >= 0.6 is 39.1 Å². The minimum atomic E-state index is -0.798. The zero-order valence-corrected chi connectivity index (χ0v) is 19.8. The molecule has 1 amide bonds. The molecule has 0 aliphatic carbocycles. The minimum Gasteiger partial charge on any atom is -0.481 e. The first kappa shape index (κ1) is 23.8. The standard InChI is InChI=1S/C23H17BrCl2N2O4/c1-14(31-18-9-7-17(25)8-10-18)22(29)28-27-13-15-12-16(24)6-11-21(15)32-23(30)19-4-2-3-5-20(19)26/h2-14H,1H3,(H,28,29)/b27-13-/t14-/m1/s1. The predicted octanol–water partition coefficient (Wildman–Crippen LogP) is 5.89. The van der Waals surface area contributed by atoms with E-state index in [2.05, 4.69) is 26.5 Å². The fourth-order valence-electron chi connectivity index (χ4n) is 2.52. The van der Waals surface area contributed by atoms with Crippen LogP contribution in [0.15, 0.2) is 76.3 Å². The second-order valence-corrected chi connectivity index (χ2v) is 8.26. The molecule has 3 rings (SSSR count). The number of esters is 1. The molecule has 1 N–H and O–H groups in total. The number of hydrazone groups is 1. The van der Waals surface area contributed by atoms with Crippen molar-refractivity contribution >= 4 is 57.2 Å². The first-order valence-corrected chi connectivity index (χ1v) is 10.9. The number of hydrogen-bond acceptors (Lipinski definition) is 5. The molecule has 0 aliphatic heterocycles. The first-order chi connectivity index (χ1) is 15.3. The second kappa shape index (κ2) is 11.1. The van der Waals surface area contributed by atoms with E-state index in [9.17, 15) is 9.59 Å². The van der Waals surface area contributed by atoms with E-state index in [1.165, 1.54) is 6.21 Å². The van der Waals surface area contributed by atoms with Gasteiger partial charge in [0.2, 0.25) is 0 Å². The lowest BCUT2D eigenvalue weighted by molar-refractivity contribution is -0.127. The lowest BCUT2D eigenvalue weighted by atomic mass is 10.2. The molecule has 6 nitrogen and oxygen atoms in total. The van der Waals surface area contributed by atoms with Crippen molar-refractivity contribution < 1.29 is 19.1 Å². The summed E-state index contributed by atoms with van der Waals surface area (Å²) in [5, 5.41) is 4.81. The number of nitrogens with one attached hydrogen (secondary N) is 1. The quantitative estimate of drug-likeness (QED) is 0.177. The van der Waals surface area contributed by atoms with Crippen molar-refractivity contribution in [2.45, 2.75) is 13.0 Å². The highest BCUT2D eigenvalue weighted by molar-refractivity contribution is 9.10. The molecule has 3 aromatic rings. The van der Waals surface area contributed by atoms with Crippen molar-refractivity contribution in [3.05, 3.63) is 92.4 Å². The molecular formula is C23H17BrCl2N2O4. The predicted molar refractivity (Wildman–Crippen MR) is 128 cm³/mol. The lowest BCUT2D eigenvalue weighted by Gasteiger charge is -2.13. The van der Waals surface area contributed by atoms with Gasteiger partial charge in [0.05, 0.1) is 16.8 Å². The Bertz CT molecular complexity index is 1150. The Labute approximate surface area is 203 Å². The first-order valence-electron chi connectivity index (χ1n) is 9.35. The summed E-state index contributed by atoms with van der Waals surface area (Å²) in [5.74, 6) is -0.314. The molecule has 0 radical (unpaired) electrons. The summed E-state index contributed by atoms with van der Waals surface area (Å²) in [7, 11) is 0. The maximum absolute atomic E-state index is 12.5. The van der Waals surface area contributed by atoms with Crippen LogP contribution in [-0.4, -0.2) is 24.2 Å². The van der Waals surface area contributed by atoms with Gasteiger partial charge in [0, 0.05) is 15.1 Å². The highest BCUT2D eigenvalue weighted by Gasteiger charge is 2.16. The highest BCUT2D eigenvalue weighted by Crippen LogP contribution is 2.24. The number of carbonyl (C=O) groups is 2. The zero-order chi connectivity index (χ0) is 23.1. The van der Waals surface area contributed by atoms with E-state index < -0.39 is 18.0 Å². The van der Waals surface area contributed by atoms with E-state index in [0.717, 1.165) is 4.47 Å². The Morgan fingerprint density at radius 1 is 1.06 bits per heavy atom. The van der Waals surface area contributed by atoms with Gasteiger partial charge < -0.3 is 9.47 Å². The number of rotatable bonds is 7. The van der Waals surface area contributed by atoms with Gasteiger partial charge in [-0.2, -0.15) is 5.10 Å². The summed E-state index contributed by atoms with van der Waals surface area (Å²) >= 11 is 15.3. The van der Waals surface area contributed by atoms with Crippen LogP contribution in [0.3, 0.4) is 0 Å². The van der Waals surface area contributed by atoms with Crippen molar-refractivity contribution in [3.8, 4) is 11.5 Å². The molecule has 3 aromatic carbocycles. The zero-order valence-electron chi connectivity index (χ0n) is 16.7. The summed E-state index contributed by atoms with van der Waals surface area (Å²) in [6, 6.07) is 18.3. The van der Waals surface area contributed by atoms with Crippen molar-refractivity contribution in [1.29, 1.82) is 0 Å². The van der Waals surface area contributed by atoms with Crippen molar-refractivity contribution in [3.63, 3.8) is 0 Å². The van der Waals surface area contributed by atoms with Crippen LogP contribution < -0.4 is 14.9 Å². The topological polar surface area (TPSA) is 77.0 Å². The van der Waals surface area contributed by atoms with Gasteiger partial charge in [0.1, 0.15) is 11.5 Å². The van der Waals surface area contributed by atoms with E-state index in [1.807, 2.05) is 0 Å². The Balaban J connectivity index is 1.66. The SMILES string of the molecule is C[C@@H](Oc1ccc(Cl)cc1)C(=O)N/N=C\c1cc(Br)ccc1OC(=O)c1ccccc1Cl. The minimum absolute atomic E-state index is 0.237. The number of carbonyl (C=O) groups excluding carboxylic acids is 2. The summed E-state index contributed by atoms with van der Waals surface area (Å²) in [4.78, 5) is 24.8. The van der Waals surface area contributed by atoms with Crippen LogP contribution in [0.4, 0.5) is 0 Å². The summed E-state index contributed by atoms with van der Waals surface area (Å²) in [6.07, 6.45) is 0.570. The average molecular weight is 536 g/mol. The number of ether oxygens (including phenoxy) is 2. The molecule has 164 valence electrons.